The van der Waals surface area contributed by atoms with Crippen molar-refractivity contribution in [3.63, 3.8) is 0 Å². The normalized spacial score (nSPS) is 22.2. The number of benzene rings is 6. The molecule has 2 nitrogen and oxygen atoms in total. The predicted molar refractivity (Wildman–Crippen MR) is 230 cm³/mol. The average Bonchev–Trinajstić information content (AvgIpc) is 3.52. The summed E-state index contributed by atoms with van der Waals surface area (Å²) in [5.74, 6) is 2.99. The predicted octanol–water partition coefficient (Wildman–Crippen LogP) is 14.2. The van der Waals surface area contributed by atoms with Gasteiger partial charge in [-0.05, 0) is 143 Å². The lowest BCUT2D eigenvalue weighted by Crippen LogP contribution is -2.49. The Morgan fingerprint density at radius 1 is 0.491 bits per heavy atom. The molecular weight excluding hydrogens is 665 g/mol. The van der Waals surface area contributed by atoms with Crippen molar-refractivity contribution in [3.8, 4) is 44.5 Å². The van der Waals surface area contributed by atoms with E-state index < -0.39 is 0 Å². The number of hydrogen-bond acceptors (Lipinski definition) is 2. The van der Waals surface area contributed by atoms with E-state index >= 15 is 0 Å². The van der Waals surface area contributed by atoms with Crippen LogP contribution < -0.4 is 4.90 Å². The summed E-state index contributed by atoms with van der Waals surface area (Å²) in [6.07, 6.45) is 7.46. The van der Waals surface area contributed by atoms with E-state index in [0.717, 1.165) is 34.6 Å². The van der Waals surface area contributed by atoms with Crippen LogP contribution in [-0.2, 0) is 5.41 Å². The van der Waals surface area contributed by atoms with Gasteiger partial charge in [-0.15, -0.1) is 0 Å². The molecular formula is C53H48N2. The van der Waals surface area contributed by atoms with Gasteiger partial charge in [0.25, 0.3) is 0 Å². The highest BCUT2D eigenvalue weighted by molar-refractivity contribution is 5.87. The van der Waals surface area contributed by atoms with Gasteiger partial charge in [-0.3, -0.25) is 4.98 Å². The number of nitrogens with zero attached hydrogens (tertiary/aromatic N) is 2. The topological polar surface area (TPSA) is 16.1 Å². The Kier molecular flexibility index (Phi) is 8.32. The van der Waals surface area contributed by atoms with Crippen LogP contribution in [0.15, 0.2) is 164 Å². The Hall–Kier alpha value is -5.73. The van der Waals surface area contributed by atoms with Crippen LogP contribution in [0.2, 0.25) is 0 Å². The molecule has 1 heterocycles. The van der Waals surface area contributed by atoms with Crippen LogP contribution in [0.5, 0.6) is 0 Å². The zero-order chi connectivity index (χ0) is 37.1. The highest BCUT2D eigenvalue weighted by Crippen LogP contribution is 2.64. The van der Waals surface area contributed by atoms with Crippen molar-refractivity contribution in [3.05, 3.63) is 181 Å². The Labute approximate surface area is 326 Å². The molecule has 2 saturated carbocycles. The molecule has 7 aromatic rings. The number of anilines is 3. The second-order valence-electron chi connectivity index (χ2n) is 16.7. The summed E-state index contributed by atoms with van der Waals surface area (Å²) in [5.41, 5.74) is 17.6. The lowest BCUT2D eigenvalue weighted by atomic mass is 9.49. The maximum Gasteiger partial charge on any atom is 0.0651 e. The molecule has 0 aliphatic heterocycles. The van der Waals surface area contributed by atoms with E-state index in [-0.39, 0.29) is 5.41 Å². The van der Waals surface area contributed by atoms with E-state index in [0.29, 0.717) is 11.8 Å². The first-order valence-corrected chi connectivity index (χ1v) is 20.3. The van der Waals surface area contributed by atoms with Gasteiger partial charge in [0.05, 0.1) is 11.9 Å². The van der Waals surface area contributed by atoms with Crippen molar-refractivity contribution >= 4 is 17.1 Å². The molecule has 6 aromatic carbocycles. The fourth-order valence-electron chi connectivity index (χ4n) is 11.1. The lowest BCUT2D eigenvalue weighted by molar-refractivity contribution is 0.0426. The van der Waals surface area contributed by atoms with Gasteiger partial charge in [0.15, 0.2) is 0 Å². The summed E-state index contributed by atoms with van der Waals surface area (Å²) in [6.45, 7) is 7.21. The number of aromatic nitrogens is 1. The number of aryl methyl sites for hydroxylation is 1. The quantitative estimate of drug-likeness (QED) is 0.171. The fourth-order valence-corrected chi connectivity index (χ4v) is 11.1. The van der Waals surface area contributed by atoms with E-state index in [1.807, 2.05) is 6.20 Å². The Balaban J connectivity index is 1.08. The van der Waals surface area contributed by atoms with Gasteiger partial charge in [0.2, 0.25) is 0 Å². The monoisotopic (exact) mass is 712 g/mol. The molecule has 10 rings (SSSR count). The number of pyridine rings is 1. The average molecular weight is 713 g/mol. The number of rotatable bonds is 6. The molecule has 0 saturated heterocycles. The SMILES string of the molecule is Cc1ncc(N(c2ccc(-c3ccccc3)cc2)c2ccc(-c3ccccc3)cc2)cc1-c1ccc2c(c1)-c1ccccc1C21C(C)CC2CC(C)CC1C2. The third-order valence-corrected chi connectivity index (χ3v) is 13.4. The third kappa shape index (κ3) is 5.65. The molecule has 5 unspecified atom stereocenters. The molecule has 3 aliphatic rings. The van der Waals surface area contributed by atoms with Gasteiger partial charge >= 0.3 is 0 Å². The van der Waals surface area contributed by atoms with E-state index in [2.05, 4.69) is 183 Å². The first-order valence-electron chi connectivity index (χ1n) is 20.3. The smallest absolute Gasteiger partial charge is 0.0651 e. The molecule has 1 spiro atoms. The van der Waals surface area contributed by atoms with E-state index in [4.69, 9.17) is 4.98 Å². The first-order chi connectivity index (χ1) is 27.0. The zero-order valence-corrected chi connectivity index (χ0v) is 32.1. The van der Waals surface area contributed by atoms with Crippen LogP contribution >= 0.6 is 0 Å². The summed E-state index contributed by atoms with van der Waals surface area (Å²) in [7, 11) is 0. The largest absolute Gasteiger partial charge is 0.309 e. The number of fused-ring (bicyclic) bond motifs is 8. The maximum absolute atomic E-state index is 5.10. The van der Waals surface area contributed by atoms with Gasteiger partial charge in [-0.2, -0.15) is 0 Å². The van der Waals surface area contributed by atoms with Crippen molar-refractivity contribution in [2.24, 2.45) is 23.7 Å². The molecule has 2 fully saturated rings. The Morgan fingerprint density at radius 3 is 1.71 bits per heavy atom. The van der Waals surface area contributed by atoms with Crippen LogP contribution in [0.4, 0.5) is 17.1 Å². The fraction of sp³-hybridized carbons (Fsp3) is 0.226. The van der Waals surface area contributed by atoms with Crippen molar-refractivity contribution in [2.75, 3.05) is 4.90 Å². The van der Waals surface area contributed by atoms with Gasteiger partial charge in [-0.25, -0.2) is 0 Å². The van der Waals surface area contributed by atoms with Gasteiger partial charge < -0.3 is 4.90 Å². The van der Waals surface area contributed by atoms with Crippen molar-refractivity contribution in [2.45, 2.75) is 51.9 Å². The second kappa shape index (κ2) is 13.5. The molecule has 55 heavy (non-hydrogen) atoms. The lowest BCUT2D eigenvalue weighted by Gasteiger charge is -2.54. The number of hydrogen-bond donors (Lipinski definition) is 0. The zero-order valence-electron chi connectivity index (χ0n) is 32.1. The molecule has 0 amide bonds. The van der Waals surface area contributed by atoms with Gasteiger partial charge in [0, 0.05) is 28.0 Å². The Morgan fingerprint density at radius 2 is 1.05 bits per heavy atom. The molecule has 1 aromatic heterocycles. The maximum atomic E-state index is 5.10. The highest BCUT2D eigenvalue weighted by atomic mass is 15.1. The standard InChI is InChI=1S/C53H48N2/c1-35-28-38-30-36(2)53(44(29-35)31-38)51-17-11-10-16-48(51)50-32-43(22-27-52(50)53)49-33-47(34-54-37(49)3)55(45-23-18-41(19-24-45)39-12-6-4-7-13-39)46-25-20-42(21-26-46)40-14-8-5-9-15-40/h4-27,32-36,38,44H,28-31H2,1-3H3. The molecule has 0 N–H and O–H groups in total. The highest BCUT2D eigenvalue weighted by Gasteiger charge is 2.56. The van der Waals surface area contributed by atoms with Crippen LogP contribution in [0, 0.1) is 30.6 Å². The minimum atomic E-state index is 0.0966. The minimum Gasteiger partial charge on any atom is -0.309 e. The van der Waals surface area contributed by atoms with E-state index in [9.17, 15) is 0 Å². The van der Waals surface area contributed by atoms with Gasteiger partial charge in [-0.1, -0.05) is 135 Å². The van der Waals surface area contributed by atoms with Crippen LogP contribution in [-0.4, -0.2) is 4.98 Å². The molecule has 0 radical (unpaired) electrons. The summed E-state index contributed by atoms with van der Waals surface area (Å²) in [5, 5.41) is 0. The molecule has 2 heteroatoms. The van der Waals surface area contributed by atoms with Gasteiger partial charge in [0.1, 0.15) is 0 Å². The van der Waals surface area contributed by atoms with Crippen LogP contribution in [0.25, 0.3) is 44.5 Å². The first kappa shape index (κ1) is 33.8. The summed E-state index contributed by atoms with van der Waals surface area (Å²) < 4.78 is 0. The summed E-state index contributed by atoms with van der Waals surface area (Å²) >= 11 is 0. The summed E-state index contributed by atoms with van der Waals surface area (Å²) in [6, 6.07) is 58.2. The molecule has 5 atom stereocenters. The van der Waals surface area contributed by atoms with Crippen LogP contribution in [0.1, 0.15) is 56.4 Å². The van der Waals surface area contributed by atoms with Crippen molar-refractivity contribution < 1.29 is 0 Å². The van der Waals surface area contributed by atoms with E-state index in [1.165, 1.54) is 70.2 Å². The molecule has 3 aliphatic carbocycles. The minimum absolute atomic E-state index is 0.0966. The summed E-state index contributed by atoms with van der Waals surface area (Å²) in [4.78, 5) is 7.45. The van der Waals surface area contributed by atoms with E-state index in [1.54, 1.807) is 11.1 Å². The Bertz CT molecular complexity index is 2400. The van der Waals surface area contributed by atoms with Crippen LogP contribution in [0.3, 0.4) is 0 Å². The third-order valence-electron chi connectivity index (χ3n) is 13.4. The molecule has 2 bridgehead atoms. The van der Waals surface area contributed by atoms with Crippen molar-refractivity contribution in [1.29, 1.82) is 0 Å². The second-order valence-corrected chi connectivity index (χ2v) is 16.7. The van der Waals surface area contributed by atoms with Crippen molar-refractivity contribution in [1.82, 2.24) is 4.98 Å². The molecule has 270 valence electrons.